The average Bonchev–Trinajstić information content (AvgIpc) is 2.91. The molecule has 0 saturated heterocycles. The van der Waals surface area contributed by atoms with Crippen molar-refractivity contribution in [1.29, 1.82) is 0 Å². The number of hydrogen-bond acceptors (Lipinski definition) is 5. The molecule has 1 aromatic carbocycles. The number of aryl methyl sites for hydroxylation is 1. The average molecular weight is 315 g/mol. The summed E-state index contributed by atoms with van der Waals surface area (Å²) in [6, 6.07) is 11.6. The highest BCUT2D eigenvalue weighted by Gasteiger charge is 2.06. The van der Waals surface area contributed by atoms with Crippen molar-refractivity contribution in [1.82, 2.24) is 19.7 Å². The minimum atomic E-state index is 0.144. The third-order valence-electron chi connectivity index (χ3n) is 3.13. The summed E-state index contributed by atoms with van der Waals surface area (Å²) in [6.45, 7) is 2.53. The van der Waals surface area contributed by atoms with Gasteiger partial charge in [0.2, 0.25) is 5.95 Å². The number of para-hydroxylation sites is 1. The predicted molar refractivity (Wildman–Crippen MR) is 87.1 cm³/mol. The van der Waals surface area contributed by atoms with Crippen molar-refractivity contribution in [2.45, 2.75) is 13.5 Å². The smallest absolute Gasteiger partial charge is 0.223 e. The zero-order valence-electron chi connectivity index (χ0n) is 12.0. The molecule has 0 saturated carbocycles. The molecule has 0 fully saturated rings. The fraction of sp³-hybridized carbons (Fsp3) is 0.133. The molecule has 0 bridgehead atoms. The molecule has 22 heavy (non-hydrogen) atoms. The van der Waals surface area contributed by atoms with Gasteiger partial charge in [-0.05, 0) is 24.6 Å². The van der Waals surface area contributed by atoms with Crippen molar-refractivity contribution in [3.8, 4) is 5.69 Å². The summed E-state index contributed by atoms with van der Waals surface area (Å²) in [6.07, 6.45) is 1.94. The zero-order chi connectivity index (χ0) is 15.5. The van der Waals surface area contributed by atoms with Crippen LogP contribution in [0.2, 0.25) is 5.15 Å². The Kier molecular flexibility index (Phi) is 3.93. The van der Waals surface area contributed by atoms with Gasteiger partial charge in [0, 0.05) is 18.8 Å². The standard InChI is InChI=1S/C15H15ClN6/c1-10-6-7-22(21-10)12-5-3-2-4-11(12)9-18-14-8-13(16)19-15(17)20-14/h2-8H,9H2,1H3,(H3,17,18,19,20). The van der Waals surface area contributed by atoms with Gasteiger partial charge in [0.25, 0.3) is 0 Å². The van der Waals surface area contributed by atoms with Gasteiger partial charge in [0.1, 0.15) is 11.0 Å². The summed E-state index contributed by atoms with van der Waals surface area (Å²) in [5.74, 6) is 0.731. The maximum Gasteiger partial charge on any atom is 0.223 e. The minimum Gasteiger partial charge on any atom is -0.368 e. The van der Waals surface area contributed by atoms with Crippen molar-refractivity contribution in [2.75, 3.05) is 11.1 Å². The van der Waals surface area contributed by atoms with E-state index >= 15 is 0 Å². The first kappa shape index (κ1) is 14.3. The number of nitrogens with one attached hydrogen (secondary N) is 1. The van der Waals surface area contributed by atoms with Gasteiger partial charge in [-0.15, -0.1) is 0 Å². The second-order valence-corrected chi connectivity index (χ2v) is 5.21. The van der Waals surface area contributed by atoms with Crippen LogP contribution in [0.3, 0.4) is 0 Å². The van der Waals surface area contributed by atoms with Crippen molar-refractivity contribution < 1.29 is 0 Å². The molecule has 2 heterocycles. The van der Waals surface area contributed by atoms with E-state index in [9.17, 15) is 0 Å². The van der Waals surface area contributed by atoms with Crippen LogP contribution in [0.1, 0.15) is 11.3 Å². The van der Waals surface area contributed by atoms with Crippen LogP contribution in [0.4, 0.5) is 11.8 Å². The van der Waals surface area contributed by atoms with Crippen LogP contribution >= 0.6 is 11.6 Å². The number of nitrogens with zero attached hydrogens (tertiary/aromatic N) is 4. The number of hydrogen-bond donors (Lipinski definition) is 2. The van der Waals surface area contributed by atoms with Crippen LogP contribution in [0.25, 0.3) is 5.69 Å². The quantitative estimate of drug-likeness (QED) is 0.724. The first-order chi connectivity index (χ1) is 10.6. The van der Waals surface area contributed by atoms with Crippen LogP contribution < -0.4 is 11.1 Å². The Labute approximate surface area is 133 Å². The third-order valence-corrected chi connectivity index (χ3v) is 3.33. The molecule has 0 radical (unpaired) electrons. The fourth-order valence-electron chi connectivity index (χ4n) is 2.14. The second kappa shape index (κ2) is 6.03. The molecule has 0 spiro atoms. The Balaban J connectivity index is 1.84. The Hall–Kier alpha value is -2.60. The van der Waals surface area contributed by atoms with Gasteiger partial charge in [-0.1, -0.05) is 29.8 Å². The Morgan fingerprint density at radius 2 is 2.05 bits per heavy atom. The number of anilines is 2. The lowest BCUT2D eigenvalue weighted by Crippen LogP contribution is -2.08. The highest BCUT2D eigenvalue weighted by Crippen LogP contribution is 2.17. The molecule has 0 unspecified atom stereocenters. The monoisotopic (exact) mass is 314 g/mol. The Morgan fingerprint density at radius 3 is 2.77 bits per heavy atom. The molecule has 3 aromatic rings. The van der Waals surface area contributed by atoms with Gasteiger partial charge in [0.05, 0.1) is 11.4 Å². The van der Waals surface area contributed by atoms with E-state index in [1.807, 2.05) is 48.1 Å². The molecule has 2 aromatic heterocycles. The number of benzene rings is 1. The maximum atomic E-state index is 5.88. The van der Waals surface area contributed by atoms with Crippen molar-refractivity contribution in [3.63, 3.8) is 0 Å². The third kappa shape index (κ3) is 3.17. The van der Waals surface area contributed by atoms with E-state index in [2.05, 4.69) is 20.4 Å². The zero-order valence-corrected chi connectivity index (χ0v) is 12.7. The number of nitrogen functional groups attached to an aromatic ring is 1. The molecule has 7 heteroatoms. The molecule has 112 valence electrons. The maximum absolute atomic E-state index is 5.88. The molecule has 0 aliphatic carbocycles. The molecule has 0 aliphatic heterocycles. The molecule has 0 aliphatic rings. The lowest BCUT2D eigenvalue weighted by Gasteiger charge is -2.11. The van der Waals surface area contributed by atoms with Gasteiger partial charge in [-0.25, -0.2) is 9.67 Å². The van der Waals surface area contributed by atoms with Crippen LogP contribution in [-0.2, 0) is 6.54 Å². The molecule has 0 atom stereocenters. The summed E-state index contributed by atoms with van der Waals surface area (Å²) in [7, 11) is 0. The normalized spacial score (nSPS) is 10.6. The lowest BCUT2D eigenvalue weighted by atomic mass is 10.2. The van der Waals surface area contributed by atoms with Crippen molar-refractivity contribution >= 4 is 23.4 Å². The molecule has 3 N–H and O–H groups in total. The Morgan fingerprint density at radius 1 is 1.23 bits per heavy atom. The van der Waals surface area contributed by atoms with Gasteiger partial charge in [-0.3, -0.25) is 0 Å². The summed E-state index contributed by atoms with van der Waals surface area (Å²) in [5.41, 5.74) is 8.65. The number of nitrogens with two attached hydrogens (primary N) is 1. The molecule has 3 rings (SSSR count). The lowest BCUT2D eigenvalue weighted by molar-refractivity contribution is 0.848. The predicted octanol–water partition coefficient (Wildman–Crippen LogP) is 2.82. The van der Waals surface area contributed by atoms with Gasteiger partial charge >= 0.3 is 0 Å². The number of halogens is 1. The van der Waals surface area contributed by atoms with E-state index in [0.717, 1.165) is 16.9 Å². The second-order valence-electron chi connectivity index (χ2n) is 4.82. The van der Waals surface area contributed by atoms with Crippen LogP contribution in [0.15, 0.2) is 42.6 Å². The summed E-state index contributed by atoms with van der Waals surface area (Å²) < 4.78 is 1.85. The van der Waals surface area contributed by atoms with Crippen molar-refractivity contribution in [3.05, 3.63) is 59.0 Å². The van der Waals surface area contributed by atoms with Gasteiger partial charge < -0.3 is 11.1 Å². The largest absolute Gasteiger partial charge is 0.368 e. The van der Waals surface area contributed by atoms with E-state index in [4.69, 9.17) is 17.3 Å². The highest BCUT2D eigenvalue weighted by molar-refractivity contribution is 6.29. The Bertz CT molecular complexity index is 778. The molecule has 6 nitrogen and oxygen atoms in total. The van der Waals surface area contributed by atoms with Crippen molar-refractivity contribution in [2.24, 2.45) is 0 Å². The number of aromatic nitrogens is 4. The minimum absolute atomic E-state index is 0.144. The van der Waals surface area contributed by atoms with Gasteiger partial charge in [0.15, 0.2) is 0 Å². The topological polar surface area (TPSA) is 81.7 Å². The first-order valence-electron chi connectivity index (χ1n) is 6.76. The molecule has 0 amide bonds. The number of rotatable bonds is 4. The molecular formula is C15H15ClN6. The van der Waals surface area contributed by atoms with Crippen LogP contribution in [0.5, 0.6) is 0 Å². The summed E-state index contributed by atoms with van der Waals surface area (Å²) >= 11 is 5.88. The van der Waals surface area contributed by atoms with E-state index in [0.29, 0.717) is 17.5 Å². The first-order valence-corrected chi connectivity index (χ1v) is 7.14. The summed E-state index contributed by atoms with van der Waals surface area (Å²) in [4.78, 5) is 7.94. The van der Waals surface area contributed by atoms with Crippen LogP contribution in [-0.4, -0.2) is 19.7 Å². The van der Waals surface area contributed by atoms with Gasteiger partial charge in [-0.2, -0.15) is 10.1 Å². The fourth-order valence-corrected chi connectivity index (χ4v) is 2.33. The highest BCUT2D eigenvalue weighted by atomic mass is 35.5. The summed E-state index contributed by atoms with van der Waals surface area (Å²) in [5, 5.41) is 7.96. The molecular weight excluding hydrogens is 300 g/mol. The SMILES string of the molecule is Cc1ccn(-c2ccccc2CNc2cc(Cl)nc(N)n2)n1. The van der Waals surface area contributed by atoms with Crippen LogP contribution in [0, 0.1) is 6.92 Å². The van der Waals surface area contributed by atoms with E-state index in [1.165, 1.54) is 0 Å². The van der Waals surface area contributed by atoms with E-state index < -0.39 is 0 Å². The van der Waals surface area contributed by atoms with E-state index in [-0.39, 0.29) is 5.95 Å². The van der Waals surface area contributed by atoms with E-state index in [1.54, 1.807) is 6.07 Å².